The summed E-state index contributed by atoms with van der Waals surface area (Å²) < 4.78 is 0. The van der Waals surface area contributed by atoms with Crippen LogP contribution in [0.3, 0.4) is 0 Å². The second-order valence-electron chi connectivity index (χ2n) is 5.52. The lowest BCUT2D eigenvalue weighted by Crippen LogP contribution is -2.41. The lowest BCUT2D eigenvalue weighted by atomic mass is 9.90. The summed E-state index contributed by atoms with van der Waals surface area (Å²) in [5.41, 5.74) is 4.27. The fourth-order valence-corrected chi connectivity index (χ4v) is 3.32. The minimum atomic E-state index is 0.577. The molecule has 3 rings (SSSR count). The van der Waals surface area contributed by atoms with E-state index >= 15 is 0 Å². The van der Waals surface area contributed by atoms with Crippen molar-refractivity contribution in [3.05, 3.63) is 70.2 Å². The molecule has 0 saturated heterocycles. The summed E-state index contributed by atoms with van der Waals surface area (Å²) in [5.74, 6) is 0. The number of halogens is 1. The number of hydrogen-bond donors (Lipinski definition) is 0. The van der Waals surface area contributed by atoms with E-state index in [2.05, 4.69) is 54.3 Å². The van der Waals surface area contributed by atoms with Gasteiger partial charge in [-0.1, -0.05) is 54.9 Å². The van der Waals surface area contributed by atoms with Gasteiger partial charge in [-0.05, 0) is 48.2 Å². The van der Waals surface area contributed by atoms with E-state index in [0.717, 1.165) is 31.0 Å². The van der Waals surface area contributed by atoms with Crippen LogP contribution in [0, 0.1) is 0 Å². The molecule has 2 aromatic carbocycles. The maximum Gasteiger partial charge on any atom is 0.0408 e. The van der Waals surface area contributed by atoms with Gasteiger partial charge in [0.15, 0.2) is 0 Å². The molecular weight excluding hydrogens is 266 g/mol. The molecule has 0 amide bonds. The number of benzene rings is 2. The average molecular weight is 286 g/mol. The molecule has 20 heavy (non-hydrogen) atoms. The molecule has 1 heterocycles. The van der Waals surface area contributed by atoms with Gasteiger partial charge in [0, 0.05) is 17.6 Å². The summed E-state index contributed by atoms with van der Waals surface area (Å²) in [6, 6.07) is 17.7. The van der Waals surface area contributed by atoms with Crippen molar-refractivity contribution in [1.29, 1.82) is 0 Å². The lowest BCUT2D eigenvalue weighted by molar-refractivity contribution is 0.179. The molecule has 1 atom stereocenters. The Hall–Kier alpha value is -1.31. The average Bonchev–Trinajstić information content (AvgIpc) is 2.47. The molecular formula is C18H20ClN. The van der Waals surface area contributed by atoms with Gasteiger partial charge in [-0.2, -0.15) is 0 Å². The summed E-state index contributed by atoms with van der Waals surface area (Å²) in [7, 11) is 0. The summed E-state index contributed by atoms with van der Waals surface area (Å²) in [6.07, 6.45) is 2.21. The Labute approximate surface area is 126 Å². The van der Waals surface area contributed by atoms with Gasteiger partial charge < -0.3 is 0 Å². The van der Waals surface area contributed by atoms with Crippen LogP contribution in [0.1, 0.15) is 23.6 Å². The third kappa shape index (κ3) is 2.89. The summed E-state index contributed by atoms with van der Waals surface area (Å²) in [6.45, 7) is 4.39. The molecule has 0 fully saturated rings. The van der Waals surface area contributed by atoms with Crippen molar-refractivity contribution in [3.8, 4) is 0 Å². The molecule has 104 valence electrons. The Morgan fingerprint density at radius 1 is 1.10 bits per heavy atom. The molecule has 1 unspecified atom stereocenters. The zero-order valence-electron chi connectivity index (χ0n) is 11.8. The topological polar surface area (TPSA) is 3.24 Å². The summed E-state index contributed by atoms with van der Waals surface area (Å²) in [4.78, 5) is 2.57. The smallest absolute Gasteiger partial charge is 0.0408 e. The molecule has 0 saturated carbocycles. The predicted octanol–water partition coefficient (Wildman–Crippen LogP) is 4.33. The van der Waals surface area contributed by atoms with E-state index in [4.69, 9.17) is 11.6 Å². The number of hydrogen-bond acceptors (Lipinski definition) is 1. The molecule has 0 radical (unpaired) electrons. The standard InChI is InChI=1S/C18H20ClN/c1-2-20-13-15-8-9-17(19)11-16(15)12-18(20)10-14-6-4-3-5-7-14/h3-9,11,18H,2,10,12-13H2,1H3. The Bertz CT molecular complexity index is 579. The van der Waals surface area contributed by atoms with Crippen LogP contribution in [0.2, 0.25) is 5.02 Å². The highest BCUT2D eigenvalue weighted by atomic mass is 35.5. The highest BCUT2D eigenvalue weighted by Gasteiger charge is 2.25. The van der Waals surface area contributed by atoms with Crippen LogP contribution in [0.5, 0.6) is 0 Å². The van der Waals surface area contributed by atoms with Crippen LogP contribution in [-0.2, 0) is 19.4 Å². The third-order valence-electron chi connectivity index (χ3n) is 4.23. The normalized spacial score (nSPS) is 18.8. The van der Waals surface area contributed by atoms with Crippen molar-refractivity contribution in [2.24, 2.45) is 0 Å². The minimum Gasteiger partial charge on any atom is -0.296 e. The molecule has 2 aromatic rings. The molecule has 0 spiro atoms. The predicted molar refractivity (Wildman–Crippen MR) is 85.2 cm³/mol. The van der Waals surface area contributed by atoms with Crippen LogP contribution >= 0.6 is 11.6 Å². The second kappa shape index (κ2) is 5.99. The van der Waals surface area contributed by atoms with Crippen LogP contribution in [0.15, 0.2) is 48.5 Å². The van der Waals surface area contributed by atoms with Gasteiger partial charge in [-0.3, -0.25) is 4.90 Å². The Morgan fingerprint density at radius 2 is 1.90 bits per heavy atom. The Balaban J connectivity index is 1.83. The monoisotopic (exact) mass is 285 g/mol. The fourth-order valence-electron chi connectivity index (χ4n) is 3.13. The first-order chi connectivity index (χ1) is 9.76. The van der Waals surface area contributed by atoms with Crippen LogP contribution in [-0.4, -0.2) is 17.5 Å². The van der Waals surface area contributed by atoms with Gasteiger partial charge in [0.2, 0.25) is 0 Å². The highest BCUT2D eigenvalue weighted by Crippen LogP contribution is 2.27. The number of likely N-dealkylation sites (N-methyl/N-ethyl adjacent to an activating group) is 1. The summed E-state index contributed by atoms with van der Waals surface area (Å²) >= 11 is 6.14. The zero-order chi connectivity index (χ0) is 13.9. The lowest BCUT2D eigenvalue weighted by Gasteiger charge is -2.36. The molecule has 1 aliphatic heterocycles. The largest absolute Gasteiger partial charge is 0.296 e. The van der Waals surface area contributed by atoms with E-state index in [0.29, 0.717) is 6.04 Å². The maximum atomic E-state index is 6.14. The molecule has 0 aromatic heterocycles. The van der Waals surface area contributed by atoms with Gasteiger partial charge in [-0.25, -0.2) is 0 Å². The van der Waals surface area contributed by atoms with Crippen molar-refractivity contribution in [3.63, 3.8) is 0 Å². The Kier molecular flexibility index (Phi) is 4.09. The second-order valence-corrected chi connectivity index (χ2v) is 5.96. The number of rotatable bonds is 3. The van der Waals surface area contributed by atoms with Crippen molar-refractivity contribution >= 4 is 11.6 Å². The van der Waals surface area contributed by atoms with E-state index in [-0.39, 0.29) is 0 Å². The first-order valence-corrected chi connectivity index (χ1v) is 7.69. The third-order valence-corrected chi connectivity index (χ3v) is 4.47. The van der Waals surface area contributed by atoms with Crippen LogP contribution in [0.25, 0.3) is 0 Å². The van der Waals surface area contributed by atoms with Crippen LogP contribution in [0.4, 0.5) is 0 Å². The molecule has 1 nitrogen and oxygen atoms in total. The van der Waals surface area contributed by atoms with Crippen molar-refractivity contribution < 1.29 is 0 Å². The minimum absolute atomic E-state index is 0.577. The van der Waals surface area contributed by atoms with Crippen molar-refractivity contribution in [1.82, 2.24) is 4.90 Å². The van der Waals surface area contributed by atoms with Gasteiger partial charge in [0.1, 0.15) is 0 Å². The van der Waals surface area contributed by atoms with Gasteiger partial charge in [0.25, 0.3) is 0 Å². The summed E-state index contributed by atoms with van der Waals surface area (Å²) in [5, 5.41) is 0.854. The van der Waals surface area contributed by atoms with Crippen LogP contribution < -0.4 is 0 Å². The molecule has 2 heteroatoms. The molecule has 1 aliphatic rings. The highest BCUT2D eigenvalue weighted by molar-refractivity contribution is 6.30. The first kappa shape index (κ1) is 13.7. The Morgan fingerprint density at radius 3 is 2.65 bits per heavy atom. The number of fused-ring (bicyclic) bond motifs is 1. The van der Waals surface area contributed by atoms with E-state index in [9.17, 15) is 0 Å². The van der Waals surface area contributed by atoms with Gasteiger partial charge >= 0.3 is 0 Å². The quantitative estimate of drug-likeness (QED) is 0.811. The first-order valence-electron chi connectivity index (χ1n) is 7.31. The van der Waals surface area contributed by atoms with Gasteiger partial charge in [0.05, 0.1) is 0 Å². The molecule has 0 bridgehead atoms. The van der Waals surface area contributed by atoms with Crippen molar-refractivity contribution in [2.45, 2.75) is 32.4 Å². The van der Waals surface area contributed by atoms with E-state index in [1.165, 1.54) is 16.7 Å². The van der Waals surface area contributed by atoms with E-state index < -0.39 is 0 Å². The molecule has 0 N–H and O–H groups in total. The van der Waals surface area contributed by atoms with Gasteiger partial charge in [-0.15, -0.1) is 0 Å². The molecule has 0 aliphatic carbocycles. The number of nitrogens with zero attached hydrogens (tertiary/aromatic N) is 1. The SMILES string of the molecule is CCN1Cc2ccc(Cl)cc2CC1Cc1ccccc1. The van der Waals surface area contributed by atoms with Crippen molar-refractivity contribution in [2.75, 3.05) is 6.54 Å². The zero-order valence-corrected chi connectivity index (χ0v) is 12.6. The van der Waals surface area contributed by atoms with E-state index in [1.807, 2.05) is 6.07 Å². The van der Waals surface area contributed by atoms with E-state index in [1.54, 1.807) is 0 Å². The maximum absolute atomic E-state index is 6.14. The fraction of sp³-hybridized carbons (Fsp3) is 0.333.